The zero-order valence-corrected chi connectivity index (χ0v) is 13.3. The van der Waals surface area contributed by atoms with E-state index in [2.05, 4.69) is 17.6 Å². The average Bonchev–Trinajstić information content (AvgIpc) is 2.96. The Bertz CT molecular complexity index is 241. The lowest BCUT2D eigenvalue weighted by molar-refractivity contribution is 0.127. The summed E-state index contributed by atoms with van der Waals surface area (Å²) in [5, 5.41) is 7.55. The molecule has 3 unspecified atom stereocenters. The molecular formula is C17H34N2O. The first kappa shape index (κ1) is 16.3. The van der Waals surface area contributed by atoms with E-state index >= 15 is 0 Å². The molecule has 1 saturated heterocycles. The minimum atomic E-state index is 0.751. The van der Waals surface area contributed by atoms with Gasteiger partial charge in [-0.1, -0.05) is 26.2 Å². The lowest BCUT2D eigenvalue weighted by atomic mass is 9.88. The Morgan fingerprint density at radius 1 is 1.05 bits per heavy atom. The molecule has 3 heteroatoms. The molecule has 0 aromatic rings. The molecule has 3 atom stereocenters. The van der Waals surface area contributed by atoms with Crippen LogP contribution in [-0.2, 0) is 4.74 Å². The molecular weight excluding hydrogens is 248 g/mol. The Balaban J connectivity index is 1.57. The minimum Gasteiger partial charge on any atom is -0.381 e. The van der Waals surface area contributed by atoms with Crippen LogP contribution in [0.1, 0.15) is 64.7 Å². The summed E-state index contributed by atoms with van der Waals surface area (Å²) >= 11 is 0. The van der Waals surface area contributed by atoms with Gasteiger partial charge in [0.2, 0.25) is 0 Å². The third-order valence-electron chi connectivity index (χ3n) is 4.95. The van der Waals surface area contributed by atoms with Gasteiger partial charge in [-0.15, -0.1) is 0 Å². The van der Waals surface area contributed by atoms with E-state index in [1.54, 1.807) is 0 Å². The number of ether oxygens (including phenoxy) is 1. The smallest absolute Gasteiger partial charge is 0.0478 e. The van der Waals surface area contributed by atoms with Crippen LogP contribution in [-0.4, -0.2) is 38.4 Å². The number of hydrogen-bond acceptors (Lipinski definition) is 3. The molecule has 0 aromatic heterocycles. The van der Waals surface area contributed by atoms with Crippen molar-refractivity contribution in [1.29, 1.82) is 0 Å². The highest BCUT2D eigenvalue weighted by Gasteiger charge is 2.33. The summed E-state index contributed by atoms with van der Waals surface area (Å²) in [5.74, 6) is 0.872. The van der Waals surface area contributed by atoms with Gasteiger partial charge in [0.15, 0.2) is 0 Å². The predicted octanol–water partition coefficient (Wildman–Crippen LogP) is 3.09. The number of hydrogen-bond donors (Lipinski definition) is 2. The number of unbranched alkanes of at least 4 members (excludes halogenated alkanes) is 1. The van der Waals surface area contributed by atoms with Crippen LogP contribution in [0.15, 0.2) is 0 Å². The van der Waals surface area contributed by atoms with Gasteiger partial charge in [-0.3, -0.25) is 0 Å². The highest BCUT2D eigenvalue weighted by atomic mass is 16.5. The monoisotopic (exact) mass is 282 g/mol. The first-order valence-electron chi connectivity index (χ1n) is 8.96. The van der Waals surface area contributed by atoms with Crippen molar-refractivity contribution in [3.05, 3.63) is 0 Å². The predicted molar refractivity (Wildman–Crippen MR) is 85.1 cm³/mol. The van der Waals surface area contributed by atoms with Crippen molar-refractivity contribution in [2.24, 2.45) is 5.92 Å². The number of nitrogens with one attached hydrogen (secondary N) is 2. The summed E-state index contributed by atoms with van der Waals surface area (Å²) in [6, 6.07) is 1.53. The lowest BCUT2D eigenvalue weighted by Gasteiger charge is -2.33. The van der Waals surface area contributed by atoms with Gasteiger partial charge >= 0.3 is 0 Å². The van der Waals surface area contributed by atoms with Crippen LogP contribution in [0, 0.1) is 5.92 Å². The Labute approximate surface area is 125 Å². The zero-order valence-electron chi connectivity index (χ0n) is 13.3. The standard InChI is InChI=1S/C17H34N2O/c1-2-3-13-20-14-7-12-19-17-10-6-8-15(17)16-9-4-5-11-18-16/h15-19H,2-14H2,1H3. The Hall–Kier alpha value is -0.120. The number of rotatable bonds is 9. The van der Waals surface area contributed by atoms with Crippen molar-refractivity contribution >= 4 is 0 Å². The summed E-state index contributed by atoms with van der Waals surface area (Å²) < 4.78 is 5.63. The molecule has 20 heavy (non-hydrogen) atoms. The molecule has 0 bridgehead atoms. The first-order chi connectivity index (χ1) is 9.92. The van der Waals surface area contributed by atoms with E-state index in [0.29, 0.717) is 0 Å². The van der Waals surface area contributed by atoms with Gasteiger partial charge < -0.3 is 15.4 Å². The summed E-state index contributed by atoms with van der Waals surface area (Å²) in [4.78, 5) is 0. The van der Waals surface area contributed by atoms with Crippen LogP contribution in [0.5, 0.6) is 0 Å². The highest BCUT2D eigenvalue weighted by molar-refractivity contribution is 4.92. The second-order valence-electron chi connectivity index (χ2n) is 6.53. The van der Waals surface area contributed by atoms with E-state index < -0.39 is 0 Å². The van der Waals surface area contributed by atoms with Crippen LogP contribution in [0.4, 0.5) is 0 Å². The fraction of sp³-hybridized carbons (Fsp3) is 1.00. The normalized spacial score (nSPS) is 30.8. The molecule has 0 aromatic carbocycles. The van der Waals surface area contributed by atoms with Gasteiger partial charge in [0.25, 0.3) is 0 Å². The molecule has 1 aliphatic carbocycles. The average molecular weight is 282 g/mol. The Morgan fingerprint density at radius 3 is 2.75 bits per heavy atom. The van der Waals surface area contributed by atoms with Crippen molar-refractivity contribution in [1.82, 2.24) is 10.6 Å². The largest absolute Gasteiger partial charge is 0.381 e. The SMILES string of the molecule is CCCCOCCCNC1CCCC1C1CCCCN1. The van der Waals surface area contributed by atoms with Crippen molar-refractivity contribution in [2.75, 3.05) is 26.3 Å². The van der Waals surface area contributed by atoms with Gasteiger partial charge in [-0.2, -0.15) is 0 Å². The molecule has 118 valence electrons. The molecule has 0 amide bonds. The van der Waals surface area contributed by atoms with E-state index in [9.17, 15) is 0 Å². The van der Waals surface area contributed by atoms with Crippen LogP contribution >= 0.6 is 0 Å². The van der Waals surface area contributed by atoms with E-state index in [1.807, 2.05) is 0 Å². The lowest BCUT2D eigenvalue weighted by Crippen LogP contribution is -2.47. The third-order valence-corrected chi connectivity index (χ3v) is 4.95. The first-order valence-corrected chi connectivity index (χ1v) is 8.96. The summed E-state index contributed by atoms with van der Waals surface area (Å²) in [6.45, 7) is 6.43. The fourth-order valence-electron chi connectivity index (χ4n) is 3.78. The fourth-order valence-corrected chi connectivity index (χ4v) is 3.78. The van der Waals surface area contributed by atoms with Gasteiger partial charge in [-0.05, 0) is 57.5 Å². The van der Waals surface area contributed by atoms with Gasteiger partial charge in [-0.25, -0.2) is 0 Å². The molecule has 2 fully saturated rings. The van der Waals surface area contributed by atoms with Gasteiger partial charge in [0, 0.05) is 25.3 Å². The van der Waals surface area contributed by atoms with E-state index in [-0.39, 0.29) is 0 Å². The van der Waals surface area contributed by atoms with Crippen molar-refractivity contribution in [3.8, 4) is 0 Å². The molecule has 3 nitrogen and oxygen atoms in total. The maximum atomic E-state index is 5.63. The third kappa shape index (κ3) is 5.34. The molecule has 2 aliphatic rings. The molecule has 1 saturated carbocycles. The van der Waals surface area contributed by atoms with Crippen LogP contribution in [0.2, 0.25) is 0 Å². The minimum absolute atomic E-state index is 0.751. The second kappa shape index (κ2) is 9.75. The topological polar surface area (TPSA) is 33.3 Å². The molecule has 1 heterocycles. The summed E-state index contributed by atoms with van der Waals surface area (Å²) in [5.41, 5.74) is 0. The van der Waals surface area contributed by atoms with Crippen LogP contribution < -0.4 is 10.6 Å². The molecule has 0 radical (unpaired) electrons. The van der Waals surface area contributed by atoms with Gasteiger partial charge in [0.05, 0.1) is 0 Å². The Morgan fingerprint density at radius 2 is 1.95 bits per heavy atom. The van der Waals surface area contributed by atoms with Crippen LogP contribution in [0.25, 0.3) is 0 Å². The second-order valence-corrected chi connectivity index (χ2v) is 6.53. The zero-order chi connectivity index (χ0) is 14.0. The van der Waals surface area contributed by atoms with E-state index in [0.717, 1.165) is 44.2 Å². The van der Waals surface area contributed by atoms with Gasteiger partial charge in [0.1, 0.15) is 0 Å². The van der Waals surface area contributed by atoms with E-state index in [1.165, 1.54) is 57.9 Å². The molecule has 2 rings (SSSR count). The van der Waals surface area contributed by atoms with Crippen molar-refractivity contribution in [2.45, 2.75) is 76.8 Å². The maximum absolute atomic E-state index is 5.63. The van der Waals surface area contributed by atoms with Crippen molar-refractivity contribution in [3.63, 3.8) is 0 Å². The summed E-state index contributed by atoms with van der Waals surface area (Å²) in [7, 11) is 0. The number of piperidine rings is 1. The van der Waals surface area contributed by atoms with Crippen LogP contribution in [0.3, 0.4) is 0 Å². The van der Waals surface area contributed by atoms with E-state index in [4.69, 9.17) is 4.74 Å². The molecule has 0 spiro atoms. The quantitative estimate of drug-likeness (QED) is 0.638. The molecule has 2 N–H and O–H groups in total. The highest BCUT2D eigenvalue weighted by Crippen LogP contribution is 2.31. The summed E-state index contributed by atoms with van der Waals surface area (Å²) in [6.07, 6.45) is 12.0. The maximum Gasteiger partial charge on any atom is 0.0478 e. The van der Waals surface area contributed by atoms with Crippen molar-refractivity contribution < 1.29 is 4.74 Å². The Kier molecular flexibility index (Phi) is 7.92. The molecule has 1 aliphatic heterocycles.